The molecule has 0 aliphatic heterocycles. The molecule has 0 unspecified atom stereocenters. The van der Waals surface area contributed by atoms with E-state index in [1.54, 1.807) is 36.4 Å². The molecule has 120 valence electrons. The lowest BCUT2D eigenvalue weighted by molar-refractivity contribution is 0.131. The van der Waals surface area contributed by atoms with Gasteiger partial charge in [-0.1, -0.05) is 0 Å². The van der Waals surface area contributed by atoms with Crippen LogP contribution in [0, 0.1) is 11.3 Å². The minimum Gasteiger partial charge on any atom is -0.488 e. The second kappa shape index (κ2) is 6.31. The van der Waals surface area contributed by atoms with Crippen LogP contribution >= 0.6 is 0 Å². The van der Waals surface area contributed by atoms with Gasteiger partial charge in [-0.15, -0.1) is 0 Å². The predicted molar refractivity (Wildman–Crippen MR) is 88.8 cm³/mol. The SMILES string of the molecule is CC(C)(C)Oc1ccc(S(=O)(=O)Nc2ccc(C#N)cc2)cc1. The van der Waals surface area contributed by atoms with Crippen LogP contribution < -0.4 is 9.46 Å². The molecule has 6 heteroatoms. The first-order valence-corrected chi connectivity index (χ1v) is 8.50. The van der Waals surface area contributed by atoms with E-state index >= 15 is 0 Å². The third-order valence-electron chi connectivity index (χ3n) is 2.82. The number of ether oxygens (including phenoxy) is 1. The lowest BCUT2D eigenvalue weighted by Crippen LogP contribution is -2.23. The molecule has 0 fully saturated rings. The van der Waals surface area contributed by atoms with Gasteiger partial charge in [0.2, 0.25) is 0 Å². The van der Waals surface area contributed by atoms with Gasteiger partial charge in [0, 0.05) is 5.69 Å². The Morgan fingerprint density at radius 3 is 2.04 bits per heavy atom. The Morgan fingerprint density at radius 2 is 1.57 bits per heavy atom. The average Bonchev–Trinajstić information content (AvgIpc) is 2.46. The van der Waals surface area contributed by atoms with Gasteiger partial charge in [0.25, 0.3) is 10.0 Å². The number of rotatable bonds is 4. The zero-order valence-corrected chi connectivity index (χ0v) is 14.0. The molecule has 0 aromatic heterocycles. The van der Waals surface area contributed by atoms with Crippen molar-refractivity contribution in [3.8, 4) is 11.8 Å². The minimum atomic E-state index is -3.68. The van der Waals surface area contributed by atoms with Crippen LogP contribution in [0.1, 0.15) is 26.3 Å². The molecule has 0 saturated carbocycles. The van der Waals surface area contributed by atoms with Gasteiger partial charge in [-0.25, -0.2) is 8.42 Å². The molecule has 0 bridgehead atoms. The zero-order chi connectivity index (χ0) is 17.1. The summed E-state index contributed by atoms with van der Waals surface area (Å²) in [7, 11) is -3.68. The van der Waals surface area contributed by atoms with Crippen LogP contribution in [-0.2, 0) is 10.0 Å². The Kier molecular flexibility index (Phi) is 4.62. The monoisotopic (exact) mass is 330 g/mol. The van der Waals surface area contributed by atoms with Gasteiger partial charge in [0.05, 0.1) is 16.5 Å². The van der Waals surface area contributed by atoms with Crippen molar-refractivity contribution in [3.63, 3.8) is 0 Å². The Hall–Kier alpha value is -2.52. The highest BCUT2D eigenvalue weighted by Crippen LogP contribution is 2.22. The van der Waals surface area contributed by atoms with Gasteiger partial charge in [-0.3, -0.25) is 4.72 Å². The van der Waals surface area contributed by atoms with Crippen molar-refractivity contribution in [2.24, 2.45) is 0 Å². The van der Waals surface area contributed by atoms with Gasteiger partial charge in [-0.05, 0) is 69.3 Å². The van der Waals surface area contributed by atoms with Gasteiger partial charge in [0.1, 0.15) is 11.4 Å². The molecule has 1 N–H and O–H groups in total. The van der Waals surface area contributed by atoms with E-state index in [4.69, 9.17) is 10.00 Å². The first-order chi connectivity index (χ1) is 10.7. The van der Waals surface area contributed by atoms with Crippen LogP contribution in [0.3, 0.4) is 0 Å². The summed E-state index contributed by atoms with van der Waals surface area (Å²) in [5, 5.41) is 8.75. The highest BCUT2D eigenvalue weighted by molar-refractivity contribution is 7.92. The van der Waals surface area contributed by atoms with Crippen LogP contribution in [0.4, 0.5) is 5.69 Å². The van der Waals surface area contributed by atoms with Gasteiger partial charge in [0.15, 0.2) is 0 Å². The maximum atomic E-state index is 12.3. The second-order valence-corrected chi connectivity index (χ2v) is 7.66. The Bertz CT molecular complexity index is 812. The lowest BCUT2D eigenvalue weighted by Gasteiger charge is -2.21. The van der Waals surface area contributed by atoms with Crippen LogP contribution in [0.15, 0.2) is 53.4 Å². The molecule has 2 rings (SSSR count). The normalized spacial score (nSPS) is 11.6. The molecule has 0 aliphatic rings. The van der Waals surface area contributed by atoms with Crippen molar-refractivity contribution in [1.82, 2.24) is 0 Å². The van der Waals surface area contributed by atoms with Crippen molar-refractivity contribution in [2.45, 2.75) is 31.3 Å². The van der Waals surface area contributed by atoms with Gasteiger partial charge in [-0.2, -0.15) is 5.26 Å². The van der Waals surface area contributed by atoms with Crippen molar-refractivity contribution < 1.29 is 13.2 Å². The fourth-order valence-electron chi connectivity index (χ4n) is 1.87. The summed E-state index contributed by atoms with van der Waals surface area (Å²) in [6.45, 7) is 5.76. The van der Waals surface area contributed by atoms with Crippen molar-refractivity contribution in [1.29, 1.82) is 5.26 Å². The van der Waals surface area contributed by atoms with Crippen LogP contribution in [0.25, 0.3) is 0 Å². The Labute approximate surface area is 136 Å². The summed E-state index contributed by atoms with van der Waals surface area (Å²) in [4.78, 5) is 0.142. The van der Waals surface area contributed by atoms with Crippen LogP contribution in [0.5, 0.6) is 5.75 Å². The fraction of sp³-hybridized carbons (Fsp3) is 0.235. The molecule has 23 heavy (non-hydrogen) atoms. The summed E-state index contributed by atoms with van der Waals surface area (Å²) in [6, 6.07) is 14.4. The molecule has 0 heterocycles. The van der Waals surface area contributed by atoms with E-state index < -0.39 is 10.0 Å². The molecule has 5 nitrogen and oxygen atoms in total. The first-order valence-electron chi connectivity index (χ1n) is 7.02. The quantitative estimate of drug-likeness (QED) is 0.930. The van der Waals surface area contributed by atoms with E-state index in [0.717, 1.165) is 0 Å². The molecular formula is C17H18N2O3S. The lowest BCUT2D eigenvalue weighted by atomic mass is 10.2. The molecule has 0 radical (unpaired) electrons. The maximum Gasteiger partial charge on any atom is 0.261 e. The minimum absolute atomic E-state index is 0.142. The van der Waals surface area contributed by atoms with Crippen molar-refractivity contribution >= 4 is 15.7 Å². The largest absolute Gasteiger partial charge is 0.488 e. The molecule has 0 atom stereocenters. The number of nitrogens with one attached hydrogen (secondary N) is 1. The third-order valence-corrected chi connectivity index (χ3v) is 4.22. The number of hydrogen-bond donors (Lipinski definition) is 1. The first kappa shape index (κ1) is 16.8. The highest BCUT2D eigenvalue weighted by Gasteiger charge is 2.16. The van der Waals surface area contributed by atoms with E-state index in [-0.39, 0.29) is 10.5 Å². The summed E-state index contributed by atoms with van der Waals surface area (Å²) >= 11 is 0. The van der Waals surface area contributed by atoms with E-state index in [2.05, 4.69) is 4.72 Å². The molecule has 0 spiro atoms. The fourth-order valence-corrected chi connectivity index (χ4v) is 2.93. The van der Waals surface area contributed by atoms with Crippen molar-refractivity contribution in [3.05, 3.63) is 54.1 Å². The topological polar surface area (TPSA) is 79.2 Å². The smallest absolute Gasteiger partial charge is 0.261 e. The van der Waals surface area contributed by atoms with Crippen molar-refractivity contribution in [2.75, 3.05) is 4.72 Å². The molecule has 2 aromatic carbocycles. The highest BCUT2D eigenvalue weighted by atomic mass is 32.2. The number of sulfonamides is 1. The Morgan fingerprint density at radius 1 is 1.00 bits per heavy atom. The molecule has 2 aromatic rings. The molecular weight excluding hydrogens is 312 g/mol. The number of hydrogen-bond acceptors (Lipinski definition) is 4. The van der Waals surface area contributed by atoms with E-state index in [0.29, 0.717) is 17.0 Å². The summed E-state index contributed by atoms with van der Waals surface area (Å²) in [6.07, 6.45) is 0. The van der Waals surface area contributed by atoms with Crippen LogP contribution in [0.2, 0.25) is 0 Å². The van der Waals surface area contributed by atoms with E-state index in [1.807, 2.05) is 26.8 Å². The van der Waals surface area contributed by atoms with Gasteiger partial charge < -0.3 is 4.74 Å². The van der Waals surface area contributed by atoms with Crippen LogP contribution in [-0.4, -0.2) is 14.0 Å². The zero-order valence-electron chi connectivity index (χ0n) is 13.2. The predicted octanol–water partition coefficient (Wildman–Crippen LogP) is 3.54. The number of nitrogens with zero attached hydrogens (tertiary/aromatic N) is 1. The summed E-state index contributed by atoms with van der Waals surface area (Å²) < 4.78 is 32.8. The molecule has 0 amide bonds. The number of benzene rings is 2. The maximum absolute atomic E-state index is 12.3. The summed E-state index contributed by atoms with van der Waals surface area (Å²) in [5.41, 5.74) is 0.525. The summed E-state index contributed by atoms with van der Waals surface area (Å²) in [5.74, 6) is 0.606. The van der Waals surface area contributed by atoms with E-state index in [1.165, 1.54) is 12.1 Å². The van der Waals surface area contributed by atoms with E-state index in [9.17, 15) is 8.42 Å². The van der Waals surface area contributed by atoms with Gasteiger partial charge >= 0.3 is 0 Å². The molecule has 0 aliphatic carbocycles. The Balaban J connectivity index is 2.17. The standard InChI is InChI=1S/C17H18N2O3S/c1-17(2,3)22-15-8-10-16(11-9-15)23(20,21)19-14-6-4-13(12-18)5-7-14/h4-11,19H,1-3H3. The third kappa shape index (κ3) is 4.73. The molecule has 0 saturated heterocycles. The second-order valence-electron chi connectivity index (χ2n) is 5.98. The number of nitriles is 1. The number of anilines is 1. The average molecular weight is 330 g/mol.